The molecule has 0 amide bonds. The molecular weight excluding hydrogens is 208 g/mol. The predicted molar refractivity (Wildman–Crippen MR) is 60.3 cm³/mol. The molecule has 5 heteroatoms. The molecule has 0 atom stereocenters. The van der Waals surface area contributed by atoms with Crippen molar-refractivity contribution in [2.45, 2.75) is 13.0 Å². The molecule has 0 saturated heterocycles. The lowest BCUT2D eigenvalue weighted by molar-refractivity contribution is -0.384. The number of aryl methyl sites for hydroxylation is 1. The minimum atomic E-state index is -0.400. The third-order valence-corrected chi connectivity index (χ3v) is 2.53. The van der Waals surface area contributed by atoms with E-state index in [0.29, 0.717) is 13.0 Å². The number of nitro benzene ring substituents is 1. The van der Waals surface area contributed by atoms with Gasteiger partial charge in [0.2, 0.25) is 0 Å². The largest absolute Gasteiger partial charge is 0.396 e. The quantitative estimate of drug-likeness (QED) is 0.632. The van der Waals surface area contributed by atoms with Gasteiger partial charge in [-0.25, -0.2) is 0 Å². The second-order valence-corrected chi connectivity index (χ2v) is 3.59. The first-order valence-corrected chi connectivity index (χ1v) is 5.06. The Morgan fingerprint density at radius 3 is 2.88 bits per heavy atom. The number of aliphatic hydroxyl groups is 1. The topological polar surface area (TPSA) is 68.3 Å². The monoisotopic (exact) mass is 220 g/mol. The Labute approximate surface area is 92.1 Å². The van der Waals surface area contributed by atoms with Crippen molar-refractivity contribution >= 4 is 16.6 Å². The van der Waals surface area contributed by atoms with Crippen molar-refractivity contribution in [3.8, 4) is 0 Å². The molecule has 0 unspecified atom stereocenters. The van der Waals surface area contributed by atoms with Crippen molar-refractivity contribution in [3.63, 3.8) is 0 Å². The fourth-order valence-electron chi connectivity index (χ4n) is 1.72. The number of non-ortho nitro benzene ring substituents is 1. The fraction of sp³-hybridized carbons (Fsp3) is 0.273. The second-order valence-electron chi connectivity index (χ2n) is 3.59. The summed E-state index contributed by atoms with van der Waals surface area (Å²) >= 11 is 0. The van der Waals surface area contributed by atoms with Crippen LogP contribution in [0.25, 0.3) is 10.9 Å². The van der Waals surface area contributed by atoms with Gasteiger partial charge in [-0.3, -0.25) is 10.1 Å². The molecule has 2 aromatic rings. The van der Waals surface area contributed by atoms with Gasteiger partial charge in [-0.15, -0.1) is 0 Å². The third kappa shape index (κ3) is 1.90. The Morgan fingerprint density at radius 2 is 2.19 bits per heavy atom. The molecule has 0 bridgehead atoms. The summed E-state index contributed by atoms with van der Waals surface area (Å²) in [6.07, 6.45) is 2.52. The van der Waals surface area contributed by atoms with Gasteiger partial charge in [0.15, 0.2) is 0 Å². The Hall–Kier alpha value is -1.88. The molecule has 0 radical (unpaired) electrons. The second kappa shape index (κ2) is 4.32. The van der Waals surface area contributed by atoms with E-state index in [2.05, 4.69) is 0 Å². The Morgan fingerprint density at radius 1 is 1.38 bits per heavy atom. The van der Waals surface area contributed by atoms with Gasteiger partial charge in [-0.05, 0) is 18.6 Å². The number of fused-ring (bicyclic) bond motifs is 1. The van der Waals surface area contributed by atoms with Gasteiger partial charge in [-0.2, -0.15) is 0 Å². The molecule has 5 nitrogen and oxygen atoms in total. The van der Waals surface area contributed by atoms with E-state index in [1.165, 1.54) is 6.07 Å². The van der Waals surface area contributed by atoms with Gasteiger partial charge in [-0.1, -0.05) is 0 Å². The molecule has 0 spiro atoms. The maximum Gasteiger partial charge on any atom is 0.271 e. The van der Waals surface area contributed by atoms with Gasteiger partial charge in [0.1, 0.15) is 0 Å². The highest BCUT2D eigenvalue weighted by Gasteiger charge is 2.08. The number of nitrogens with zero attached hydrogens (tertiary/aromatic N) is 2. The Bertz CT molecular complexity index is 519. The smallest absolute Gasteiger partial charge is 0.271 e. The number of rotatable bonds is 4. The van der Waals surface area contributed by atoms with E-state index >= 15 is 0 Å². The molecule has 0 fully saturated rings. The highest BCUT2D eigenvalue weighted by molar-refractivity contribution is 5.82. The third-order valence-electron chi connectivity index (χ3n) is 2.53. The van der Waals surface area contributed by atoms with Crippen LogP contribution in [0.15, 0.2) is 30.5 Å². The van der Waals surface area contributed by atoms with Crippen LogP contribution in [0.2, 0.25) is 0 Å². The van der Waals surface area contributed by atoms with E-state index in [4.69, 9.17) is 5.11 Å². The Balaban J connectivity index is 2.43. The van der Waals surface area contributed by atoms with Gasteiger partial charge in [0.25, 0.3) is 5.69 Å². The zero-order valence-corrected chi connectivity index (χ0v) is 8.67. The average molecular weight is 220 g/mol. The first kappa shape index (κ1) is 10.6. The molecule has 0 aliphatic heterocycles. The maximum atomic E-state index is 10.6. The summed E-state index contributed by atoms with van der Waals surface area (Å²) in [7, 11) is 0. The van der Waals surface area contributed by atoms with Crippen molar-refractivity contribution in [3.05, 3.63) is 40.6 Å². The highest BCUT2D eigenvalue weighted by Crippen LogP contribution is 2.22. The van der Waals surface area contributed by atoms with Crippen LogP contribution in [0, 0.1) is 10.1 Å². The lowest BCUT2D eigenvalue weighted by atomic mass is 10.2. The van der Waals surface area contributed by atoms with E-state index in [0.717, 1.165) is 10.9 Å². The summed E-state index contributed by atoms with van der Waals surface area (Å²) in [4.78, 5) is 10.2. The van der Waals surface area contributed by atoms with Gasteiger partial charge in [0, 0.05) is 36.9 Å². The molecule has 1 heterocycles. The molecule has 0 aliphatic rings. The average Bonchev–Trinajstić information content (AvgIpc) is 2.68. The minimum Gasteiger partial charge on any atom is -0.396 e. The molecule has 1 aromatic heterocycles. The van der Waals surface area contributed by atoms with Crippen LogP contribution in [0.4, 0.5) is 5.69 Å². The summed E-state index contributed by atoms with van der Waals surface area (Å²) in [5, 5.41) is 20.4. The van der Waals surface area contributed by atoms with E-state index in [-0.39, 0.29) is 12.3 Å². The zero-order chi connectivity index (χ0) is 11.5. The molecule has 2 rings (SSSR count). The number of hydrogen-bond donors (Lipinski definition) is 1. The summed E-state index contributed by atoms with van der Waals surface area (Å²) < 4.78 is 1.92. The van der Waals surface area contributed by atoms with Crippen LogP contribution < -0.4 is 0 Å². The summed E-state index contributed by atoms with van der Waals surface area (Å²) in [5.41, 5.74) is 0.930. The standard InChI is InChI=1S/C11H12N2O3/c14-7-1-5-12-6-4-9-2-3-10(13(15)16)8-11(9)12/h2-4,6,8,14H,1,5,7H2. The molecule has 16 heavy (non-hydrogen) atoms. The van der Waals surface area contributed by atoms with Crippen LogP contribution in [-0.4, -0.2) is 21.2 Å². The van der Waals surface area contributed by atoms with Crippen molar-refractivity contribution in [1.82, 2.24) is 4.57 Å². The van der Waals surface area contributed by atoms with Gasteiger partial charge in [0.05, 0.1) is 10.4 Å². The number of benzene rings is 1. The van der Waals surface area contributed by atoms with Gasteiger partial charge >= 0.3 is 0 Å². The van der Waals surface area contributed by atoms with Crippen LogP contribution in [0.3, 0.4) is 0 Å². The normalized spacial score (nSPS) is 10.8. The van der Waals surface area contributed by atoms with Crippen LogP contribution in [-0.2, 0) is 6.54 Å². The lowest BCUT2D eigenvalue weighted by Gasteiger charge is -2.03. The zero-order valence-electron chi connectivity index (χ0n) is 8.67. The molecule has 1 aromatic carbocycles. The van der Waals surface area contributed by atoms with Crippen molar-refractivity contribution < 1.29 is 10.0 Å². The number of aliphatic hydroxyl groups excluding tert-OH is 1. The van der Waals surface area contributed by atoms with Crippen molar-refractivity contribution in [1.29, 1.82) is 0 Å². The number of nitro groups is 1. The van der Waals surface area contributed by atoms with Crippen LogP contribution >= 0.6 is 0 Å². The maximum absolute atomic E-state index is 10.6. The van der Waals surface area contributed by atoms with E-state index < -0.39 is 4.92 Å². The van der Waals surface area contributed by atoms with E-state index in [9.17, 15) is 10.1 Å². The fourth-order valence-corrected chi connectivity index (χ4v) is 1.72. The van der Waals surface area contributed by atoms with Crippen molar-refractivity contribution in [2.24, 2.45) is 0 Å². The first-order valence-electron chi connectivity index (χ1n) is 5.06. The molecule has 0 saturated carbocycles. The SMILES string of the molecule is O=[N+]([O-])c1ccc2ccn(CCCO)c2c1. The van der Waals surface area contributed by atoms with E-state index in [1.807, 2.05) is 16.8 Å². The molecular formula is C11H12N2O3. The lowest BCUT2D eigenvalue weighted by Crippen LogP contribution is -1.98. The van der Waals surface area contributed by atoms with E-state index in [1.54, 1.807) is 12.1 Å². The number of hydrogen-bond acceptors (Lipinski definition) is 3. The molecule has 1 N–H and O–H groups in total. The summed E-state index contributed by atoms with van der Waals surface area (Å²) in [6.45, 7) is 0.787. The minimum absolute atomic E-state index is 0.0939. The molecule has 84 valence electrons. The van der Waals surface area contributed by atoms with Gasteiger partial charge < -0.3 is 9.67 Å². The molecule has 0 aliphatic carbocycles. The Kier molecular flexibility index (Phi) is 2.87. The summed E-state index contributed by atoms with van der Waals surface area (Å²) in [6, 6.07) is 6.71. The van der Waals surface area contributed by atoms with Crippen LogP contribution in [0.5, 0.6) is 0 Å². The van der Waals surface area contributed by atoms with Crippen molar-refractivity contribution in [2.75, 3.05) is 6.61 Å². The highest BCUT2D eigenvalue weighted by atomic mass is 16.6. The summed E-state index contributed by atoms with van der Waals surface area (Å²) in [5.74, 6) is 0. The first-order chi connectivity index (χ1) is 7.72. The van der Waals surface area contributed by atoms with Crippen LogP contribution in [0.1, 0.15) is 6.42 Å². The number of aromatic nitrogens is 1. The predicted octanol–water partition coefficient (Wildman–Crippen LogP) is 1.93.